The highest BCUT2D eigenvalue weighted by Gasteiger charge is 2.25. The topological polar surface area (TPSA) is 33.4 Å². The summed E-state index contributed by atoms with van der Waals surface area (Å²) >= 11 is 19.9. The fourth-order valence-electron chi connectivity index (χ4n) is 2.97. The molecule has 3 aromatic rings. The third kappa shape index (κ3) is 4.03. The van der Waals surface area contributed by atoms with Crippen LogP contribution in [0.25, 0.3) is 0 Å². The minimum Gasteiger partial charge on any atom is -0.316 e. The number of halogens is 3. The summed E-state index contributed by atoms with van der Waals surface area (Å²) in [6, 6.07) is 13.5. The molecule has 0 fully saturated rings. The Labute approximate surface area is 183 Å². The molecule has 0 saturated carbocycles. The number of hydrogen-bond acceptors (Lipinski definition) is 4. The quantitative estimate of drug-likeness (QED) is 0.437. The highest BCUT2D eigenvalue weighted by Crippen LogP contribution is 2.34. The lowest BCUT2D eigenvalue weighted by Gasteiger charge is -2.28. The Morgan fingerprint density at radius 3 is 2.54 bits per heavy atom. The molecule has 0 unspecified atom stereocenters. The number of nitrogens with zero attached hydrogens (tertiary/aromatic N) is 4. The summed E-state index contributed by atoms with van der Waals surface area (Å²) in [5, 5.41) is 2.74. The first-order chi connectivity index (χ1) is 13.5. The van der Waals surface area contributed by atoms with Gasteiger partial charge in [0.25, 0.3) is 0 Å². The van der Waals surface area contributed by atoms with Crippen molar-refractivity contribution in [2.45, 2.75) is 25.8 Å². The van der Waals surface area contributed by atoms with Crippen molar-refractivity contribution in [1.29, 1.82) is 0 Å². The lowest BCUT2D eigenvalue weighted by Crippen LogP contribution is -2.31. The van der Waals surface area contributed by atoms with E-state index in [0.29, 0.717) is 21.6 Å². The summed E-state index contributed by atoms with van der Waals surface area (Å²) in [5.74, 6) is 1.65. The van der Waals surface area contributed by atoms with Gasteiger partial charge in [0.1, 0.15) is 5.69 Å². The molecule has 0 N–H and O–H groups in total. The van der Waals surface area contributed by atoms with Crippen molar-refractivity contribution in [3.8, 4) is 0 Å². The van der Waals surface area contributed by atoms with Crippen LogP contribution in [0.3, 0.4) is 0 Å². The van der Waals surface area contributed by atoms with E-state index >= 15 is 0 Å². The van der Waals surface area contributed by atoms with Gasteiger partial charge in [-0.3, -0.25) is 0 Å². The van der Waals surface area contributed by atoms with E-state index in [4.69, 9.17) is 39.8 Å². The summed E-state index contributed by atoms with van der Waals surface area (Å²) in [4.78, 5) is 11.6. The van der Waals surface area contributed by atoms with Crippen LogP contribution in [0.2, 0.25) is 15.1 Å². The Balaban J connectivity index is 1.65. The summed E-state index contributed by atoms with van der Waals surface area (Å²) in [5.41, 5.74) is 3.09. The highest BCUT2D eigenvalue weighted by molar-refractivity contribution is 8.13. The van der Waals surface area contributed by atoms with Crippen molar-refractivity contribution in [3.05, 3.63) is 75.1 Å². The van der Waals surface area contributed by atoms with Gasteiger partial charge in [0.05, 0.1) is 22.9 Å². The predicted molar refractivity (Wildman–Crippen MR) is 120 cm³/mol. The van der Waals surface area contributed by atoms with Gasteiger partial charge in [0, 0.05) is 23.0 Å². The molecule has 0 saturated heterocycles. The van der Waals surface area contributed by atoms with E-state index in [1.165, 1.54) is 0 Å². The van der Waals surface area contributed by atoms with E-state index < -0.39 is 0 Å². The van der Waals surface area contributed by atoms with Gasteiger partial charge < -0.3 is 9.47 Å². The number of anilines is 1. The van der Waals surface area contributed by atoms with Crippen LogP contribution in [0, 0.1) is 0 Å². The number of benzene rings is 2. The Hall–Kier alpha value is -1.66. The maximum atomic E-state index is 6.16. The first-order valence-corrected chi connectivity index (χ1v) is 10.9. The summed E-state index contributed by atoms with van der Waals surface area (Å²) in [6.07, 6.45) is 1.85. The molecule has 144 valence electrons. The third-order valence-electron chi connectivity index (χ3n) is 4.45. The highest BCUT2D eigenvalue weighted by atomic mass is 35.5. The van der Waals surface area contributed by atoms with Gasteiger partial charge in [-0.15, -0.1) is 0 Å². The van der Waals surface area contributed by atoms with Crippen molar-refractivity contribution in [1.82, 2.24) is 9.55 Å². The number of fused-ring (bicyclic) bond motifs is 1. The molecular weight excluding hydrogens is 435 g/mol. The van der Waals surface area contributed by atoms with Crippen molar-refractivity contribution >= 4 is 63.2 Å². The van der Waals surface area contributed by atoms with E-state index in [0.717, 1.165) is 40.2 Å². The average Bonchev–Trinajstić information content (AvgIpc) is 3.11. The van der Waals surface area contributed by atoms with Gasteiger partial charge in [-0.05, 0) is 48.9 Å². The van der Waals surface area contributed by atoms with E-state index in [1.54, 1.807) is 11.8 Å². The number of amidine groups is 1. The largest absolute Gasteiger partial charge is 0.316 e. The van der Waals surface area contributed by atoms with Gasteiger partial charge in [0.15, 0.2) is 11.0 Å². The zero-order valence-electron chi connectivity index (χ0n) is 15.1. The first-order valence-electron chi connectivity index (χ1n) is 8.77. The number of aryl methyl sites for hydroxylation is 1. The molecular formula is C20H17Cl3N4S. The zero-order valence-corrected chi connectivity index (χ0v) is 18.2. The molecule has 0 amide bonds. The molecule has 0 atom stereocenters. The van der Waals surface area contributed by atoms with E-state index in [2.05, 4.69) is 21.4 Å². The molecule has 8 heteroatoms. The van der Waals surface area contributed by atoms with Gasteiger partial charge in [-0.2, -0.15) is 0 Å². The van der Waals surface area contributed by atoms with Gasteiger partial charge in [-0.25, -0.2) is 9.98 Å². The molecule has 2 aromatic carbocycles. The second-order valence-electron chi connectivity index (χ2n) is 6.29. The Kier molecular flexibility index (Phi) is 5.88. The molecule has 1 aromatic heterocycles. The summed E-state index contributed by atoms with van der Waals surface area (Å²) in [7, 11) is 0. The second-order valence-corrected chi connectivity index (χ2v) is 8.49. The number of rotatable bonds is 4. The minimum atomic E-state index is 0.560. The first kappa shape index (κ1) is 19.6. The average molecular weight is 452 g/mol. The number of aliphatic imine (C=N–C) groups is 1. The van der Waals surface area contributed by atoms with Crippen molar-refractivity contribution in [2.24, 2.45) is 4.99 Å². The maximum Gasteiger partial charge on any atom is 0.171 e. The number of aromatic nitrogens is 2. The van der Waals surface area contributed by atoms with Crippen LogP contribution in [0.15, 0.2) is 53.8 Å². The molecule has 1 aliphatic heterocycles. The van der Waals surface area contributed by atoms with Crippen molar-refractivity contribution < 1.29 is 0 Å². The molecule has 0 bridgehead atoms. The molecule has 4 rings (SSSR count). The predicted octanol–water partition coefficient (Wildman–Crippen LogP) is 6.80. The van der Waals surface area contributed by atoms with Crippen molar-refractivity contribution in [2.75, 3.05) is 4.90 Å². The fraction of sp³-hybridized carbons (Fsp3) is 0.200. The van der Waals surface area contributed by atoms with Crippen LogP contribution in [-0.2, 0) is 18.8 Å². The smallest absolute Gasteiger partial charge is 0.171 e. The van der Waals surface area contributed by atoms with E-state index in [1.807, 2.05) is 48.8 Å². The number of hydrogen-bond donors (Lipinski definition) is 0. The normalized spacial score (nSPS) is 13.4. The van der Waals surface area contributed by atoms with Crippen LogP contribution < -0.4 is 4.90 Å². The monoisotopic (exact) mass is 450 g/mol. The standard InChI is InChI=1S/C20H17Cl3N4S/c1-2-26-12-24-18-10-27(15-6-4-14(21)5-7-15)20(25-19(18)26)28-11-13-3-8-16(22)17(23)9-13/h3-9,12H,2,10-11H2,1H3. The maximum absolute atomic E-state index is 6.16. The Bertz CT molecular complexity index is 1030. The molecule has 0 radical (unpaired) electrons. The van der Waals surface area contributed by atoms with Crippen LogP contribution in [0.1, 0.15) is 18.2 Å². The minimum absolute atomic E-state index is 0.560. The van der Waals surface area contributed by atoms with E-state index in [9.17, 15) is 0 Å². The molecule has 0 spiro atoms. The summed E-state index contributed by atoms with van der Waals surface area (Å²) in [6.45, 7) is 3.58. The second kappa shape index (κ2) is 8.37. The SMILES string of the molecule is CCn1cnc2c1N=C(SCc1ccc(Cl)c(Cl)c1)N(c1ccc(Cl)cc1)C2. The zero-order chi connectivity index (χ0) is 19.7. The van der Waals surface area contributed by atoms with E-state index in [-0.39, 0.29) is 0 Å². The molecule has 0 aliphatic carbocycles. The van der Waals surface area contributed by atoms with Crippen LogP contribution >= 0.6 is 46.6 Å². The van der Waals surface area contributed by atoms with Gasteiger partial charge in [0.2, 0.25) is 0 Å². The van der Waals surface area contributed by atoms with Gasteiger partial charge in [-0.1, -0.05) is 52.6 Å². The Morgan fingerprint density at radius 1 is 1.04 bits per heavy atom. The molecule has 4 nitrogen and oxygen atoms in total. The Morgan fingerprint density at radius 2 is 1.82 bits per heavy atom. The van der Waals surface area contributed by atoms with Gasteiger partial charge >= 0.3 is 0 Å². The third-order valence-corrected chi connectivity index (χ3v) is 6.49. The number of thioether (sulfide) groups is 1. The summed E-state index contributed by atoms with van der Waals surface area (Å²) < 4.78 is 2.06. The fourth-order valence-corrected chi connectivity index (χ4v) is 4.37. The van der Waals surface area contributed by atoms with Crippen LogP contribution in [-0.4, -0.2) is 14.7 Å². The van der Waals surface area contributed by atoms with Crippen molar-refractivity contribution in [3.63, 3.8) is 0 Å². The van der Waals surface area contributed by atoms with Crippen LogP contribution in [0.5, 0.6) is 0 Å². The molecule has 2 heterocycles. The lowest BCUT2D eigenvalue weighted by molar-refractivity contribution is 0.761. The molecule has 28 heavy (non-hydrogen) atoms. The van der Waals surface area contributed by atoms with Crippen LogP contribution in [0.4, 0.5) is 11.5 Å². The number of imidazole rings is 1. The lowest BCUT2D eigenvalue weighted by atomic mass is 10.2. The molecule has 1 aliphatic rings.